The molecule has 0 nitrogen and oxygen atoms in total. The van der Waals surface area contributed by atoms with Crippen LogP contribution in [-0.2, 0) is 0 Å². The summed E-state index contributed by atoms with van der Waals surface area (Å²) in [6, 6.07) is 13.7. The summed E-state index contributed by atoms with van der Waals surface area (Å²) in [6.45, 7) is 8.83. The van der Waals surface area contributed by atoms with Gasteiger partial charge in [0, 0.05) is 11.1 Å². The summed E-state index contributed by atoms with van der Waals surface area (Å²) >= 11 is 7.61. The molecule has 4 rings (SSSR count). The van der Waals surface area contributed by atoms with Crippen LogP contribution < -0.4 is 0 Å². The zero-order valence-corrected chi connectivity index (χ0v) is 17.4. The van der Waals surface area contributed by atoms with Crippen molar-refractivity contribution in [2.45, 2.75) is 27.7 Å². The number of fused-ring (bicyclic) bond motifs is 1. The molecule has 0 saturated heterocycles. The molecule has 4 aromatic rings. The van der Waals surface area contributed by atoms with Crippen LogP contribution in [0.25, 0.3) is 30.3 Å². The van der Waals surface area contributed by atoms with E-state index in [1.165, 1.54) is 49.8 Å². The lowest BCUT2D eigenvalue weighted by Crippen LogP contribution is -1.77. The number of rotatable bonds is 2. The zero-order chi connectivity index (χ0) is 16.8. The first-order chi connectivity index (χ1) is 11.5. The van der Waals surface area contributed by atoms with Crippen molar-refractivity contribution >= 4 is 56.1 Å². The lowest BCUT2D eigenvalue weighted by molar-refractivity contribution is 1.51. The van der Waals surface area contributed by atoms with Crippen molar-refractivity contribution in [3.8, 4) is 19.5 Å². The third-order valence-corrected chi connectivity index (χ3v) is 9.68. The van der Waals surface area contributed by atoms with Crippen LogP contribution in [0.3, 0.4) is 0 Å². The number of aryl methyl sites for hydroxylation is 4. The van der Waals surface area contributed by atoms with Crippen molar-refractivity contribution in [2.24, 2.45) is 0 Å². The fraction of sp³-hybridized carbons (Fsp3) is 0.200. The molecule has 0 fully saturated rings. The molecule has 2 heterocycles. The van der Waals surface area contributed by atoms with Crippen molar-refractivity contribution in [3.63, 3.8) is 0 Å². The molecule has 2 aromatic heterocycles. The van der Waals surface area contributed by atoms with Gasteiger partial charge in [0.2, 0.25) is 0 Å². The van der Waals surface area contributed by atoms with E-state index in [0.29, 0.717) is 0 Å². The Morgan fingerprint density at radius 3 is 1.38 bits per heavy atom. The minimum Gasteiger partial charge on any atom is -0.0535 e. The van der Waals surface area contributed by atoms with Gasteiger partial charge < -0.3 is 0 Å². The van der Waals surface area contributed by atoms with Crippen LogP contribution in [0.2, 0.25) is 0 Å². The van der Waals surface area contributed by atoms with Crippen molar-refractivity contribution in [1.29, 1.82) is 0 Å². The maximum atomic E-state index is 2.33. The Labute approximate surface area is 158 Å². The van der Waals surface area contributed by atoms with Gasteiger partial charge in [-0.05, 0) is 62.7 Å². The summed E-state index contributed by atoms with van der Waals surface area (Å²) in [6.07, 6.45) is 0. The SMILES string of the molecule is Cc1sc(-c2ccc3cc(-c4sc(C)c(C)[s+]4)ccc3c2)[s+]c1C. The van der Waals surface area contributed by atoms with Gasteiger partial charge in [0.1, 0.15) is 19.5 Å². The first-order valence-corrected chi connectivity index (χ1v) is 11.1. The van der Waals surface area contributed by atoms with Gasteiger partial charge in [-0.15, -0.1) is 0 Å². The molecular formula is C20H18S4+2. The van der Waals surface area contributed by atoms with E-state index in [9.17, 15) is 0 Å². The molecule has 0 aliphatic rings. The Balaban J connectivity index is 1.78. The maximum absolute atomic E-state index is 2.33. The molecule has 120 valence electrons. The highest BCUT2D eigenvalue weighted by Gasteiger charge is 2.20. The van der Waals surface area contributed by atoms with E-state index in [1.807, 2.05) is 45.3 Å². The average molecular weight is 387 g/mol. The van der Waals surface area contributed by atoms with Crippen LogP contribution in [0.5, 0.6) is 0 Å². The van der Waals surface area contributed by atoms with Gasteiger partial charge in [-0.2, -0.15) is 0 Å². The molecule has 0 N–H and O–H groups in total. The highest BCUT2D eigenvalue weighted by Crippen LogP contribution is 2.39. The van der Waals surface area contributed by atoms with Gasteiger partial charge in [-0.1, -0.05) is 12.1 Å². The minimum atomic E-state index is 1.32. The predicted octanol–water partition coefficient (Wildman–Crippen LogP) is 8.22. The monoisotopic (exact) mass is 386 g/mol. The number of hydrogen-bond donors (Lipinski definition) is 0. The number of benzene rings is 2. The first kappa shape index (κ1) is 16.3. The molecule has 0 unspecified atom stereocenters. The highest BCUT2D eigenvalue weighted by molar-refractivity contribution is 7.36. The molecule has 24 heavy (non-hydrogen) atoms. The van der Waals surface area contributed by atoms with E-state index >= 15 is 0 Å². The van der Waals surface area contributed by atoms with Crippen LogP contribution in [0.4, 0.5) is 0 Å². The second kappa shape index (κ2) is 6.26. The molecule has 0 amide bonds. The Hall–Kier alpha value is -1.20. The summed E-state index contributed by atoms with van der Waals surface area (Å²) in [5, 5.41) is 2.64. The van der Waals surface area contributed by atoms with Crippen LogP contribution in [0, 0.1) is 27.7 Å². The van der Waals surface area contributed by atoms with Gasteiger partial charge in [0.05, 0.1) is 45.3 Å². The fourth-order valence-corrected chi connectivity index (χ4v) is 7.62. The summed E-state index contributed by atoms with van der Waals surface area (Å²) < 4.78 is 2.81. The molecule has 2 aromatic carbocycles. The average Bonchev–Trinajstić information content (AvgIpc) is 3.09. The molecule has 0 aliphatic heterocycles. The van der Waals surface area contributed by atoms with Gasteiger partial charge in [-0.25, -0.2) is 0 Å². The van der Waals surface area contributed by atoms with Gasteiger partial charge in [0.25, 0.3) is 8.38 Å². The number of hydrogen-bond acceptors (Lipinski definition) is 2. The zero-order valence-electron chi connectivity index (χ0n) is 14.1. The quantitative estimate of drug-likeness (QED) is 0.304. The van der Waals surface area contributed by atoms with E-state index < -0.39 is 0 Å². The van der Waals surface area contributed by atoms with Crippen LogP contribution in [0.1, 0.15) is 19.5 Å². The third-order valence-electron chi connectivity index (χ3n) is 4.29. The first-order valence-electron chi connectivity index (χ1n) is 7.86. The second-order valence-electron chi connectivity index (χ2n) is 5.98. The van der Waals surface area contributed by atoms with Crippen molar-refractivity contribution in [2.75, 3.05) is 0 Å². The van der Waals surface area contributed by atoms with Gasteiger partial charge in [0.15, 0.2) is 0 Å². The molecular weight excluding hydrogens is 368 g/mol. The normalized spacial score (nSPS) is 11.3. The van der Waals surface area contributed by atoms with Crippen LogP contribution in [0.15, 0.2) is 36.4 Å². The summed E-state index contributed by atoms with van der Waals surface area (Å²) in [5.41, 5.74) is 2.68. The lowest BCUT2D eigenvalue weighted by Gasteiger charge is -2.00. The Morgan fingerprint density at radius 1 is 0.625 bits per heavy atom. The topological polar surface area (TPSA) is 0 Å². The Morgan fingerprint density at radius 2 is 1.04 bits per heavy atom. The third kappa shape index (κ3) is 2.93. The standard InChI is InChI=1S/C20H18S4/c1-11-12(2)22-19(21-11)17-7-5-16-10-18(8-6-15(16)9-17)20-23-13(3)14(4)24-20/h5-10H,1-4H3/q+2. The fourth-order valence-electron chi connectivity index (χ4n) is 2.62. The van der Waals surface area contributed by atoms with Crippen molar-refractivity contribution in [1.82, 2.24) is 0 Å². The van der Waals surface area contributed by atoms with E-state index in [4.69, 9.17) is 0 Å². The van der Waals surface area contributed by atoms with Crippen LogP contribution >= 0.6 is 45.3 Å². The van der Waals surface area contributed by atoms with Crippen molar-refractivity contribution in [3.05, 3.63) is 55.9 Å². The van der Waals surface area contributed by atoms with Crippen LogP contribution in [-0.4, -0.2) is 0 Å². The maximum Gasteiger partial charge on any atom is 0.285 e. The summed E-state index contributed by atoms with van der Waals surface area (Å²) in [7, 11) is 0. The molecule has 4 heteroatoms. The van der Waals surface area contributed by atoms with E-state index in [1.54, 1.807) is 0 Å². The second-order valence-corrected chi connectivity index (χ2v) is 11.4. The summed E-state index contributed by atoms with van der Waals surface area (Å²) in [4.78, 5) is 5.71. The minimum absolute atomic E-state index is 1.32. The van der Waals surface area contributed by atoms with Gasteiger partial charge in [-0.3, -0.25) is 0 Å². The molecule has 0 aliphatic carbocycles. The molecule has 0 spiro atoms. The Kier molecular flexibility index (Phi) is 4.25. The van der Waals surface area contributed by atoms with Crippen molar-refractivity contribution < 1.29 is 0 Å². The Bertz CT molecular complexity index is 928. The molecule has 0 saturated carbocycles. The molecule has 0 radical (unpaired) electrons. The summed E-state index contributed by atoms with van der Waals surface area (Å²) in [5.74, 6) is 0. The lowest BCUT2D eigenvalue weighted by atomic mass is 10.1. The molecule has 0 bridgehead atoms. The van der Waals surface area contributed by atoms with Gasteiger partial charge >= 0.3 is 0 Å². The predicted molar refractivity (Wildman–Crippen MR) is 114 cm³/mol. The van der Waals surface area contributed by atoms with E-state index in [0.717, 1.165) is 0 Å². The highest BCUT2D eigenvalue weighted by atomic mass is 32.2. The smallest absolute Gasteiger partial charge is 0.0535 e. The van der Waals surface area contributed by atoms with E-state index in [2.05, 4.69) is 64.1 Å². The largest absolute Gasteiger partial charge is 0.285 e. The van der Waals surface area contributed by atoms with E-state index in [-0.39, 0.29) is 0 Å². The molecule has 0 atom stereocenters.